The minimum Gasteiger partial charge on any atom is -0.337 e. The van der Waals surface area contributed by atoms with Gasteiger partial charge in [-0.2, -0.15) is 4.98 Å². The van der Waals surface area contributed by atoms with E-state index in [0.29, 0.717) is 18.3 Å². The molecule has 5 heteroatoms. The molecule has 2 aromatic heterocycles. The number of rotatable bonds is 2. The van der Waals surface area contributed by atoms with Gasteiger partial charge in [0.05, 0.1) is 0 Å². The van der Waals surface area contributed by atoms with Gasteiger partial charge in [-0.05, 0) is 13.8 Å². The summed E-state index contributed by atoms with van der Waals surface area (Å²) in [5.41, 5.74) is 0. The Bertz CT molecular complexity index is 404. The van der Waals surface area contributed by atoms with Crippen LogP contribution in [0.1, 0.15) is 17.5 Å². The molecule has 0 aromatic carbocycles. The van der Waals surface area contributed by atoms with Crippen LogP contribution in [-0.4, -0.2) is 19.7 Å². The maximum Gasteiger partial charge on any atom is 0.246 e. The van der Waals surface area contributed by atoms with Crippen molar-refractivity contribution in [3.05, 3.63) is 29.9 Å². The van der Waals surface area contributed by atoms with Gasteiger partial charge in [0.25, 0.3) is 0 Å². The Morgan fingerprint density at radius 1 is 1.46 bits per heavy atom. The molecular formula is C8H10N4O. The Morgan fingerprint density at radius 2 is 2.31 bits per heavy atom. The second-order valence-corrected chi connectivity index (χ2v) is 2.84. The zero-order valence-corrected chi connectivity index (χ0v) is 7.56. The third-order valence-corrected chi connectivity index (χ3v) is 1.80. The summed E-state index contributed by atoms with van der Waals surface area (Å²) in [4.78, 5) is 8.19. The van der Waals surface area contributed by atoms with Crippen molar-refractivity contribution in [1.29, 1.82) is 0 Å². The van der Waals surface area contributed by atoms with E-state index in [9.17, 15) is 0 Å². The molecule has 0 spiro atoms. The molecule has 0 saturated carbocycles. The predicted molar refractivity (Wildman–Crippen MR) is 45.1 cm³/mol. The van der Waals surface area contributed by atoms with Gasteiger partial charge in [0.1, 0.15) is 12.4 Å². The highest BCUT2D eigenvalue weighted by Gasteiger charge is 2.04. The predicted octanol–water partition coefficient (Wildman–Crippen LogP) is 0.931. The molecular weight excluding hydrogens is 168 g/mol. The minimum absolute atomic E-state index is 0.590. The van der Waals surface area contributed by atoms with Gasteiger partial charge in [-0.1, -0.05) is 5.16 Å². The van der Waals surface area contributed by atoms with Crippen LogP contribution in [0.15, 0.2) is 16.9 Å². The zero-order valence-electron chi connectivity index (χ0n) is 7.56. The largest absolute Gasteiger partial charge is 0.337 e. The van der Waals surface area contributed by atoms with Crippen molar-refractivity contribution in [1.82, 2.24) is 19.7 Å². The lowest BCUT2D eigenvalue weighted by Crippen LogP contribution is -2.00. The number of nitrogens with zero attached hydrogens (tertiary/aromatic N) is 4. The third kappa shape index (κ3) is 1.58. The Kier molecular flexibility index (Phi) is 1.84. The Labute approximate surface area is 75.4 Å². The van der Waals surface area contributed by atoms with Gasteiger partial charge in [-0.3, -0.25) is 0 Å². The first-order chi connectivity index (χ1) is 6.25. The molecule has 68 valence electrons. The normalized spacial score (nSPS) is 10.6. The van der Waals surface area contributed by atoms with Crippen LogP contribution in [0.5, 0.6) is 0 Å². The van der Waals surface area contributed by atoms with Crippen molar-refractivity contribution in [3.63, 3.8) is 0 Å². The smallest absolute Gasteiger partial charge is 0.246 e. The van der Waals surface area contributed by atoms with E-state index >= 15 is 0 Å². The van der Waals surface area contributed by atoms with E-state index in [1.807, 2.05) is 17.7 Å². The topological polar surface area (TPSA) is 56.7 Å². The fourth-order valence-electron chi connectivity index (χ4n) is 1.12. The Morgan fingerprint density at radius 3 is 2.85 bits per heavy atom. The molecule has 0 fully saturated rings. The lowest BCUT2D eigenvalue weighted by Gasteiger charge is -1.98. The maximum atomic E-state index is 4.98. The lowest BCUT2D eigenvalue weighted by molar-refractivity contribution is 0.366. The molecule has 5 nitrogen and oxygen atoms in total. The van der Waals surface area contributed by atoms with Crippen LogP contribution in [0.25, 0.3) is 0 Å². The van der Waals surface area contributed by atoms with Gasteiger partial charge in [-0.25, -0.2) is 4.98 Å². The lowest BCUT2D eigenvalue weighted by atomic mass is 10.5. The molecule has 0 unspecified atom stereocenters. The highest BCUT2D eigenvalue weighted by atomic mass is 16.5. The molecule has 0 bridgehead atoms. The number of hydrogen-bond donors (Lipinski definition) is 0. The molecule has 2 rings (SSSR count). The summed E-state index contributed by atoms with van der Waals surface area (Å²) >= 11 is 0. The molecule has 0 N–H and O–H groups in total. The number of imidazole rings is 1. The second-order valence-electron chi connectivity index (χ2n) is 2.84. The van der Waals surface area contributed by atoms with Crippen LogP contribution in [0.4, 0.5) is 0 Å². The van der Waals surface area contributed by atoms with Crippen molar-refractivity contribution in [2.75, 3.05) is 0 Å². The zero-order chi connectivity index (χ0) is 9.26. The van der Waals surface area contributed by atoms with Gasteiger partial charge in [0.2, 0.25) is 5.89 Å². The summed E-state index contributed by atoms with van der Waals surface area (Å²) in [7, 11) is 0. The molecule has 2 aromatic rings. The van der Waals surface area contributed by atoms with Gasteiger partial charge in [0, 0.05) is 12.4 Å². The van der Waals surface area contributed by atoms with Crippen molar-refractivity contribution < 1.29 is 4.52 Å². The van der Waals surface area contributed by atoms with Crippen molar-refractivity contribution >= 4 is 0 Å². The highest BCUT2D eigenvalue weighted by Crippen LogP contribution is 2.02. The first-order valence-electron chi connectivity index (χ1n) is 4.02. The van der Waals surface area contributed by atoms with Gasteiger partial charge >= 0.3 is 0 Å². The fraction of sp³-hybridized carbons (Fsp3) is 0.375. The summed E-state index contributed by atoms with van der Waals surface area (Å²) in [6.07, 6.45) is 3.63. The molecule has 2 heterocycles. The summed E-state index contributed by atoms with van der Waals surface area (Å²) < 4.78 is 6.93. The van der Waals surface area contributed by atoms with E-state index in [2.05, 4.69) is 15.1 Å². The van der Waals surface area contributed by atoms with Gasteiger partial charge in [-0.15, -0.1) is 0 Å². The minimum atomic E-state index is 0.590. The monoisotopic (exact) mass is 178 g/mol. The Hall–Kier alpha value is -1.65. The first kappa shape index (κ1) is 7.97. The molecule has 0 saturated heterocycles. The third-order valence-electron chi connectivity index (χ3n) is 1.80. The molecule has 0 aliphatic carbocycles. The van der Waals surface area contributed by atoms with Gasteiger partial charge in [0.15, 0.2) is 5.82 Å². The summed E-state index contributed by atoms with van der Waals surface area (Å²) in [6.45, 7) is 4.32. The van der Waals surface area contributed by atoms with Crippen LogP contribution >= 0.6 is 0 Å². The van der Waals surface area contributed by atoms with Crippen molar-refractivity contribution in [2.24, 2.45) is 0 Å². The van der Waals surface area contributed by atoms with Crippen LogP contribution in [0, 0.1) is 13.8 Å². The van der Waals surface area contributed by atoms with Crippen molar-refractivity contribution in [2.45, 2.75) is 20.4 Å². The van der Waals surface area contributed by atoms with Crippen LogP contribution < -0.4 is 0 Å². The quantitative estimate of drug-likeness (QED) is 0.686. The number of aromatic nitrogens is 4. The van der Waals surface area contributed by atoms with Crippen LogP contribution in [-0.2, 0) is 6.54 Å². The first-order valence-corrected chi connectivity index (χ1v) is 4.02. The molecule has 0 radical (unpaired) electrons. The van der Waals surface area contributed by atoms with Crippen LogP contribution in [0.2, 0.25) is 0 Å². The van der Waals surface area contributed by atoms with E-state index in [1.165, 1.54) is 0 Å². The average Bonchev–Trinajstić information content (AvgIpc) is 2.64. The SMILES string of the molecule is Cc1noc(Cn2ccnc2C)n1. The maximum absolute atomic E-state index is 4.98. The molecule has 0 aliphatic rings. The Balaban J connectivity index is 2.19. The fourth-order valence-corrected chi connectivity index (χ4v) is 1.12. The molecule has 0 amide bonds. The van der Waals surface area contributed by atoms with E-state index in [0.717, 1.165) is 5.82 Å². The summed E-state index contributed by atoms with van der Waals surface area (Å²) in [6, 6.07) is 0. The van der Waals surface area contributed by atoms with E-state index in [1.54, 1.807) is 13.1 Å². The van der Waals surface area contributed by atoms with E-state index in [-0.39, 0.29) is 0 Å². The summed E-state index contributed by atoms with van der Waals surface area (Å²) in [5, 5.41) is 3.71. The average molecular weight is 178 g/mol. The number of aryl methyl sites for hydroxylation is 2. The molecule has 13 heavy (non-hydrogen) atoms. The highest BCUT2D eigenvalue weighted by molar-refractivity contribution is 4.93. The van der Waals surface area contributed by atoms with E-state index in [4.69, 9.17) is 4.52 Å². The van der Waals surface area contributed by atoms with E-state index < -0.39 is 0 Å². The molecule has 0 aliphatic heterocycles. The molecule has 0 atom stereocenters. The second kappa shape index (κ2) is 3.01. The van der Waals surface area contributed by atoms with Crippen LogP contribution in [0.3, 0.4) is 0 Å². The summed E-state index contributed by atoms with van der Waals surface area (Å²) in [5.74, 6) is 2.21. The van der Waals surface area contributed by atoms with Crippen molar-refractivity contribution in [3.8, 4) is 0 Å². The standard InChI is InChI=1S/C8H10N4O/c1-6-10-8(13-11-6)5-12-4-3-9-7(12)2/h3-4H,5H2,1-2H3. The van der Waals surface area contributed by atoms with Gasteiger partial charge < -0.3 is 9.09 Å². The number of hydrogen-bond acceptors (Lipinski definition) is 4.